The molecule has 0 bridgehead atoms. The Kier molecular flexibility index (Phi) is 11.4. The lowest BCUT2D eigenvalue weighted by molar-refractivity contribution is -0.698. The van der Waals surface area contributed by atoms with Crippen LogP contribution in [-0.2, 0) is 13.0 Å². The first-order valence-corrected chi connectivity index (χ1v) is 6.95. The third-order valence-electron chi connectivity index (χ3n) is 3.14. The van der Waals surface area contributed by atoms with E-state index in [0.717, 1.165) is 0 Å². The van der Waals surface area contributed by atoms with Crippen LogP contribution >= 0.6 is 0 Å². The number of aromatic nitrogens is 1. The van der Waals surface area contributed by atoms with Gasteiger partial charge in [-0.25, -0.2) is 4.57 Å². The van der Waals surface area contributed by atoms with Crippen LogP contribution in [0.25, 0.3) is 0 Å². The number of rotatable bonds is 9. The number of halogens is 1. The topological polar surface area (TPSA) is 24.1 Å². The molecule has 0 aliphatic carbocycles. The quantitative estimate of drug-likeness (QED) is 0.498. The Hall–Kier alpha value is -0.410. The summed E-state index contributed by atoms with van der Waals surface area (Å²) in [5.74, 6) is 0. The molecule has 0 spiro atoms. The predicted octanol–water partition coefficient (Wildman–Crippen LogP) is -0.127. The lowest BCUT2D eigenvalue weighted by Gasteiger charge is -2.01. The molecule has 104 valence electrons. The summed E-state index contributed by atoms with van der Waals surface area (Å²) in [6, 6.07) is 4.34. The van der Waals surface area contributed by atoms with E-state index in [-0.39, 0.29) is 23.6 Å². The molecule has 0 amide bonds. The van der Waals surface area contributed by atoms with Gasteiger partial charge < -0.3 is 22.1 Å². The minimum Gasteiger partial charge on any atom is -1.00 e. The third kappa shape index (κ3) is 7.83. The van der Waals surface area contributed by atoms with E-state index in [1.54, 1.807) is 0 Å². The van der Waals surface area contributed by atoms with Gasteiger partial charge in [0.1, 0.15) is 6.61 Å². The number of unbranched alkanes of at least 4 members (excludes halogenated alkanes) is 5. The van der Waals surface area contributed by atoms with Crippen LogP contribution in [0.4, 0.5) is 0 Å². The molecule has 1 heterocycles. The summed E-state index contributed by atoms with van der Waals surface area (Å²) in [7, 11) is 0. The van der Waals surface area contributed by atoms with Gasteiger partial charge in [0.25, 0.3) is 0 Å². The van der Waals surface area contributed by atoms with Crippen LogP contribution in [0.5, 0.6) is 0 Å². The van der Waals surface area contributed by atoms with E-state index in [1.165, 1.54) is 50.5 Å². The second-order valence-corrected chi connectivity index (χ2v) is 4.69. The number of pyridine rings is 1. The molecule has 1 N–H and O–H groups in total. The van der Waals surface area contributed by atoms with Gasteiger partial charge in [0, 0.05) is 12.1 Å². The molecule has 0 aromatic carbocycles. The molecular formula is C15H26BrNO. The summed E-state index contributed by atoms with van der Waals surface area (Å²) in [5.41, 5.74) is 1.41. The number of aryl methyl sites for hydroxylation is 1. The van der Waals surface area contributed by atoms with E-state index in [1.807, 2.05) is 4.57 Å². The maximum atomic E-state index is 8.81. The van der Waals surface area contributed by atoms with Gasteiger partial charge in [0.2, 0.25) is 0 Å². The molecule has 0 aliphatic rings. The van der Waals surface area contributed by atoms with Crippen LogP contribution < -0.4 is 21.5 Å². The first kappa shape index (κ1) is 17.6. The average molecular weight is 316 g/mol. The van der Waals surface area contributed by atoms with E-state index < -0.39 is 0 Å². The van der Waals surface area contributed by atoms with Crippen molar-refractivity contribution in [2.75, 3.05) is 6.61 Å². The number of nitrogens with zero attached hydrogens (tertiary/aromatic N) is 1. The van der Waals surface area contributed by atoms with Gasteiger partial charge in [-0.05, 0) is 18.4 Å². The van der Waals surface area contributed by atoms with Crippen molar-refractivity contribution in [1.82, 2.24) is 0 Å². The number of hydrogen-bond donors (Lipinski definition) is 1. The van der Waals surface area contributed by atoms with Gasteiger partial charge >= 0.3 is 0 Å². The van der Waals surface area contributed by atoms with Crippen molar-refractivity contribution in [3.8, 4) is 0 Å². The van der Waals surface area contributed by atoms with Crippen LogP contribution in [0.2, 0.25) is 0 Å². The molecule has 2 nitrogen and oxygen atoms in total. The van der Waals surface area contributed by atoms with Crippen molar-refractivity contribution < 1.29 is 26.7 Å². The van der Waals surface area contributed by atoms with Gasteiger partial charge in [0.15, 0.2) is 18.9 Å². The van der Waals surface area contributed by atoms with Gasteiger partial charge in [-0.1, -0.05) is 39.0 Å². The summed E-state index contributed by atoms with van der Waals surface area (Å²) in [6.07, 6.45) is 13.4. The Bertz CT molecular complexity index is 287. The van der Waals surface area contributed by atoms with E-state index in [2.05, 4.69) is 31.5 Å². The SMILES string of the molecule is CCCCCCCCc1cc[n+](CCO)cc1.[Br-]. The molecule has 1 rings (SSSR count). The van der Waals surface area contributed by atoms with Crippen LogP contribution in [0.3, 0.4) is 0 Å². The average Bonchev–Trinajstić information content (AvgIpc) is 2.36. The normalized spacial score (nSPS) is 10.1. The largest absolute Gasteiger partial charge is 1.00 e. The molecule has 0 saturated heterocycles. The Balaban J connectivity index is 0.00000289. The molecule has 0 radical (unpaired) electrons. The molecule has 1 aromatic rings. The van der Waals surface area contributed by atoms with Crippen molar-refractivity contribution in [1.29, 1.82) is 0 Å². The highest BCUT2D eigenvalue weighted by molar-refractivity contribution is 5.07. The van der Waals surface area contributed by atoms with Crippen LogP contribution in [0.15, 0.2) is 24.5 Å². The van der Waals surface area contributed by atoms with Crippen LogP contribution in [0, 0.1) is 0 Å². The molecule has 0 saturated carbocycles. The summed E-state index contributed by atoms with van der Waals surface area (Å²) in [4.78, 5) is 0. The smallest absolute Gasteiger partial charge is 0.171 e. The Labute approximate surface area is 122 Å². The monoisotopic (exact) mass is 315 g/mol. The second-order valence-electron chi connectivity index (χ2n) is 4.69. The molecular weight excluding hydrogens is 290 g/mol. The lowest BCUT2D eigenvalue weighted by atomic mass is 10.1. The summed E-state index contributed by atoms with van der Waals surface area (Å²) < 4.78 is 2.02. The minimum atomic E-state index is 0. The molecule has 0 fully saturated rings. The fraction of sp³-hybridized carbons (Fsp3) is 0.667. The minimum absolute atomic E-state index is 0. The van der Waals surface area contributed by atoms with Crippen molar-refractivity contribution in [3.05, 3.63) is 30.1 Å². The third-order valence-corrected chi connectivity index (χ3v) is 3.14. The van der Waals surface area contributed by atoms with Gasteiger partial charge in [-0.15, -0.1) is 0 Å². The van der Waals surface area contributed by atoms with Crippen LogP contribution in [-0.4, -0.2) is 11.7 Å². The maximum Gasteiger partial charge on any atom is 0.171 e. The molecule has 0 unspecified atom stereocenters. The summed E-state index contributed by atoms with van der Waals surface area (Å²) in [6.45, 7) is 3.16. The molecule has 3 heteroatoms. The van der Waals surface area contributed by atoms with Crippen LogP contribution in [0.1, 0.15) is 51.0 Å². The Morgan fingerprint density at radius 2 is 1.61 bits per heavy atom. The maximum absolute atomic E-state index is 8.81. The lowest BCUT2D eigenvalue weighted by Crippen LogP contribution is -3.00. The second kappa shape index (κ2) is 11.7. The molecule has 0 aliphatic heterocycles. The first-order valence-electron chi connectivity index (χ1n) is 6.95. The highest BCUT2D eigenvalue weighted by atomic mass is 79.9. The Morgan fingerprint density at radius 1 is 1.00 bits per heavy atom. The standard InChI is InChI=1S/C15H26NO.BrH/c1-2-3-4-5-6-7-8-15-9-11-16(12-10-15)13-14-17;/h9-12,17H,2-8,13-14H2,1H3;1H/q+1;/p-1. The number of aliphatic hydroxyl groups is 1. The fourth-order valence-corrected chi connectivity index (χ4v) is 2.03. The zero-order valence-electron chi connectivity index (χ0n) is 11.4. The fourth-order valence-electron chi connectivity index (χ4n) is 2.03. The highest BCUT2D eigenvalue weighted by Gasteiger charge is 1.99. The van der Waals surface area contributed by atoms with E-state index >= 15 is 0 Å². The van der Waals surface area contributed by atoms with Gasteiger partial charge in [0.05, 0.1) is 0 Å². The first-order chi connectivity index (χ1) is 8.36. The van der Waals surface area contributed by atoms with E-state index in [0.29, 0.717) is 6.54 Å². The highest BCUT2D eigenvalue weighted by Crippen LogP contribution is 2.08. The summed E-state index contributed by atoms with van der Waals surface area (Å²) >= 11 is 0. The van der Waals surface area contributed by atoms with Crippen molar-refractivity contribution >= 4 is 0 Å². The molecule has 18 heavy (non-hydrogen) atoms. The van der Waals surface area contributed by atoms with Gasteiger partial charge in [-0.3, -0.25) is 0 Å². The van der Waals surface area contributed by atoms with Crippen molar-refractivity contribution in [2.24, 2.45) is 0 Å². The van der Waals surface area contributed by atoms with Crippen molar-refractivity contribution in [3.63, 3.8) is 0 Å². The Morgan fingerprint density at radius 3 is 2.22 bits per heavy atom. The zero-order valence-corrected chi connectivity index (χ0v) is 13.0. The zero-order chi connectivity index (χ0) is 12.3. The predicted molar refractivity (Wildman–Crippen MR) is 70.8 cm³/mol. The molecule has 0 atom stereocenters. The molecule has 1 aromatic heterocycles. The van der Waals surface area contributed by atoms with Crippen molar-refractivity contribution in [2.45, 2.75) is 58.4 Å². The number of hydrogen-bond acceptors (Lipinski definition) is 1. The summed E-state index contributed by atoms with van der Waals surface area (Å²) in [5, 5.41) is 8.81. The van der Waals surface area contributed by atoms with Gasteiger partial charge in [-0.2, -0.15) is 0 Å². The van der Waals surface area contributed by atoms with E-state index in [4.69, 9.17) is 5.11 Å². The number of aliphatic hydroxyl groups excluding tert-OH is 1. The van der Waals surface area contributed by atoms with E-state index in [9.17, 15) is 0 Å².